The first-order valence-corrected chi connectivity index (χ1v) is 5.77. The van der Waals surface area contributed by atoms with Crippen molar-refractivity contribution in [1.82, 2.24) is 0 Å². The van der Waals surface area contributed by atoms with Gasteiger partial charge in [-0.05, 0) is 0 Å². The van der Waals surface area contributed by atoms with Crippen molar-refractivity contribution in [3.8, 4) is 0 Å². The first kappa shape index (κ1) is 19.3. The molecule has 1 N–H and O–H groups in total. The molecule has 1 aromatic rings. The average molecular weight is 307 g/mol. The Kier molecular flexibility index (Phi) is 17.6. The van der Waals surface area contributed by atoms with E-state index in [1.54, 1.807) is 0 Å². The van der Waals surface area contributed by atoms with Crippen molar-refractivity contribution < 1.29 is 32.4 Å². The Morgan fingerprint density at radius 3 is 1.00 bits per heavy atom. The fourth-order valence-electron chi connectivity index (χ4n) is 0.385. The summed E-state index contributed by atoms with van der Waals surface area (Å²) in [4.78, 5) is 0. The largest absolute Gasteiger partial charge is 0.286 e. The first-order chi connectivity index (χ1) is 6.00. The van der Waals surface area contributed by atoms with Gasteiger partial charge < -0.3 is 0 Å². The van der Waals surface area contributed by atoms with Crippen LogP contribution >= 0.6 is 0 Å². The molecule has 0 aliphatic carbocycles. The number of rotatable bonds is 0. The molecule has 1 radical (unpaired) electrons. The van der Waals surface area contributed by atoms with Gasteiger partial charge in [0.2, 0.25) is 0 Å². The van der Waals surface area contributed by atoms with E-state index in [0.717, 1.165) is 0 Å². The van der Waals surface area contributed by atoms with Gasteiger partial charge in [-0.25, -0.2) is 0 Å². The van der Waals surface area contributed by atoms with E-state index in [9.17, 15) is 8.42 Å². The van der Waals surface area contributed by atoms with Crippen LogP contribution in [0, 0.1) is 0 Å². The summed E-state index contributed by atoms with van der Waals surface area (Å²) >= 11 is 0. The molecule has 1 rings (SSSR count). The Labute approximate surface area is 99.0 Å². The van der Waals surface area contributed by atoms with Gasteiger partial charge in [-0.15, -0.1) is 0 Å². The molecule has 0 aliphatic heterocycles. The summed E-state index contributed by atoms with van der Waals surface area (Å²) in [7, 11) is -3.67. The molecule has 0 spiro atoms. The smallest absolute Gasteiger partial charge is 0.261 e. The van der Waals surface area contributed by atoms with Crippen LogP contribution in [0.25, 0.3) is 0 Å². The fraction of sp³-hybridized carbons (Fsp3) is 0.333. The normalized spacial score (nSPS) is 8.00. The van der Waals surface area contributed by atoms with Crippen molar-refractivity contribution in [3.63, 3.8) is 0 Å². The predicted molar refractivity (Wildman–Crippen MR) is 55.3 cm³/mol. The second kappa shape index (κ2) is 12.8. The summed E-state index contributed by atoms with van der Waals surface area (Å²) in [6.45, 7) is 4.00. The standard InChI is InChI=1S/C6H6.C2H6.CH4O3S.Rh/c1-2-4-6-5-3-1;1-2;1-5(2,3)4;/h1-6H;1-2H3;1H3,(H,2,3,4);. The van der Waals surface area contributed by atoms with E-state index in [1.165, 1.54) is 0 Å². The number of hydrogen-bond donors (Lipinski definition) is 1. The summed E-state index contributed by atoms with van der Waals surface area (Å²) in [5.74, 6) is 0. The summed E-state index contributed by atoms with van der Waals surface area (Å²) in [6, 6.07) is 12.0. The monoisotopic (exact) mass is 307 g/mol. The summed E-state index contributed by atoms with van der Waals surface area (Å²) in [6.07, 6.45) is 0.715. The van der Waals surface area contributed by atoms with Crippen LogP contribution in [-0.4, -0.2) is 19.2 Å². The molecule has 5 heteroatoms. The van der Waals surface area contributed by atoms with Crippen LogP contribution in [0.1, 0.15) is 13.8 Å². The van der Waals surface area contributed by atoms with Crippen LogP contribution in [-0.2, 0) is 29.6 Å². The molecule has 0 saturated heterocycles. The molecule has 0 amide bonds. The van der Waals surface area contributed by atoms with Crippen molar-refractivity contribution in [3.05, 3.63) is 36.4 Å². The summed E-state index contributed by atoms with van der Waals surface area (Å²) < 4.78 is 25.9. The maximum absolute atomic E-state index is 9.19. The third-order valence-electron chi connectivity index (χ3n) is 0.667. The van der Waals surface area contributed by atoms with Gasteiger partial charge in [-0.3, -0.25) is 4.55 Å². The fourth-order valence-corrected chi connectivity index (χ4v) is 0.385. The van der Waals surface area contributed by atoms with Crippen LogP contribution in [0.15, 0.2) is 36.4 Å². The van der Waals surface area contributed by atoms with Crippen molar-refractivity contribution in [2.45, 2.75) is 13.8 Å². The van der Waals surface area contributed by atoms with Crippen molar-refractivity contribution >= 4 is 10.1 Å². The molecule has 85 valence electrons. The van der Waals surface area contributed by atoms with E-state index in [-0.39, 0.29) is 19.5 Å². The summed E-state index contributed by atoms with van der Waals surface area (Å²) in [5, 5.41) is 0. The maximum Gasteiger partial charge on any atom is 0.261 e. The van der Waals surface area contributed by atoms with Crippen molar-refractivity contribution in [2.75, 3.05) is 6.26 Å². The van der Waals surface area contributed by atoms with Crippen molar-refractivity contribution in [1.29, 1.82) is 0 Å². The molecule has 1 aromatic carbocycles. The van der Waals surface area contributed by atoms with E-state index in [1.807, 2.05) is 50.2 Å². The zero-order valence-electron chi connectivity index (χ0n) is 8.47. The van der Waals surface area contributed by atoms with Crippen molar-refractivity contribution in [2.24, 2.45) is 0 Å². The third-order valence-corrected chi connectivity index (χ3v) is 0.667. The predicted octanol–water partition coefficient (Wildman–Crippen LogP) is 2.21. The van der Waals surface area contributed by atoms with Gasteiger partial charge >= 0.3 is 0 Å². The topological polar surface area (TPSA) is 54.4 Å². The molecule has 0 fully saturated rings. The number of hydrogen-bond acceptors (Lipinski definition) is 2. The molecule has 0 saturated carbocycles. The van der Waals surface area contributed by atoms with Gasteiger partial charge in [-0.1, -0.05) is 50.2 Å². The molecule has 0 aromatic heterocycles. The Hall–Kier alpha value is -0.247. The Morgan fingerprint density at radius 1 is 0.857 bits per heavy atom. The van der Waals surface area contributed by atoms with Crippen LogP contribution in [0.2, 0.25) is 0 Å². The Balaban J connectivity index is -0.000000141. The van der Waals surface area contributed by atoms with Gasteiger partial charge in [0.15, 0.2) is 0 Å². The first-order valence-electron chi connectivity index (χ1n) is 3.92. The third kappa shape index (κ3) is 41.1. The molecule has 0 heterocycles. The minimum absolute atomic E-state index is 0. The van der Waals surface area contributed by atoms with Crippen LogP contribution < -0.4 is 0 Å². The Bertz CT molecular complexity index is 237. The molecule has 14 heavy (non-hydrogen) atoms. The number of benzene rings is 1. The van der Waals surface area contributed by atoms with E-state index in [2.05, 4.69) is 0 Å². The second-order valence-electron chi connectivity index (χ2n) is 1.89. The van der Waals surface area contributed by atoms with E-state index >= 15 is 0 Å². The van der Waals surface area contributed by atoms with Crippen LogP contribution in [0.3, 0.4) is 0 Å². The molecule has 3 nitrogen and oxygen atoms in total. The zero-order chi connectivity index (χ0) is 10.7. The average Bonchev–Trinajstić information content (AvgIpc) is 2.08. The Morgan fingerprint density at radius 2 is 0.929 bits per heavy atom. The maximum atomic E-state index is 9.19. The molecular formula is C9H16O3RhS. The van der Waals surface area contributed by atoms with E-state index in [4.69, 9.17) is 4.55 Å². The molecule has 0 bridgehead atoms. The molecule has 0 atom stereocenters. The zero-order valence-corrected chi connectivity index (χ0v) is 10.9. The second-order valence-corrected chi connectivity index (χ2v) is 3.35. The van der Waals surface area contributed by atoms with E-state index < -0.39 is 10.1 Å². The van der Waals surface area contributed by atoms with Gasteiger partial charge in [0, 0.05) is 19.5 Å². The minimum atomic E-state index is -3.67. The molecule has 0 aliphatic rings. The summed E-state index contributed by atoms with van der Waals surface area (Å²) in [5.41, 5.74) is 0. The quantitative estimate of drug-likeness (QED) is 0.590. The van der Waals surface area contributed by atoms with E-state index in [0.29, 0.717) is 6.26 Å². The van der Waals surface area contributed by atoms with Gasteiger partial charge in [-0.2, -0.15) is 8.42 Å². The van der Waals surface area contributed by atoms with Crippen LogP contribution in [0.4, 0.5) is 0 Å². The van der Waals surface area contributed by atoms with Gasteiger partial charge in [0.05, 0.1) is 6.26 Å². The minimum Gasteiger partial charge on any atom is -0.286 e. The van der Waals surface area contributed by atoms with Gasteiger partial charge in [0.25, 0.3) is 10.1 Å². The SMILES string of the molecule is CC.CS(=O)(=O)O.[Rh].c1ccccc1. The van der Waals surface area contributed by atoms with Crippen LogP contribution in [0.5, 0.6) is 0 Å². The molecular weight excluding hydrogens is 291 g/mol. The molecule has 0 unspecified atom stereocenters. The van der Waals surface area contributed by atoms with Gasteiger partial charge in [0.1, 0.15) is 0 Å².